The Balaban J connectivity index is 2.19. The van der Waals surface area contributed by atoms with Crippen molar-refractivity contribution in [2.75, 3.05) is 6.61 Å². The summed E-state index contributed by atoms with van der Waals surface area (Å²) in [6.45, 7) is 7.47. The molecule has 1 heterocycles. The molecule has 1 aliphatic heterocycles. The molecule has 110 valence electrons. The molecule has 1 aromatic carbocycles. The van der Waals surface area contributed by atoms with E-state index in [0.717, 1.165) is 43.5 Å². The summed E-state index contributed by atoms with van der Waals surface area (Å²) in [4.78, 5) is 11.4. The molecule has 0 amide bonds. The van der Waals surface area contributed by atoms with Crippen LogP contribution in [0.4, 0.5) is 0 Å². The molecule has 20 heavy (non-hydrogen) atoms. The van der Waals surface area contributed by atoms with Crippen LogP contribution in [-0.4, -0.2) is 12.9 Å². The van der Waals surface area contributed by atoms with Crippen molar-refractivity contribution in [1.29, 1.82) is 0 Å². The van der Waals surface area contributed by atoms with Crippen LogP contribution >= 0.6 is 0 Å². The summed E-state index contributed by atoms with van der Waals surface area (Å²) in [6, 6.07) is 6.35. The molecular weight excluding hydrogens is 248 g/mol. The Bertz CT molecular complexity index is 462. The van der Waals surface area contributed by atoms with Crippen molar-refractivity contribution in [1.82, 2.24) is 0 Å². The second-order valence-corrected chi connectivity index (χ2v) is 6.48. The highest BCUT2D eigenvalue weighted by Gasteiger charge is 2.29. The summed E-state index contributed by atoms with van der Waals surface area (Å²) in [5.41, 5.74) is 2.55. The normalized spacial score (nSPS) is 17.9. The average Bonchev–Trinajstić information content (AvgIpc) is 2.43. The molecular formula is C18H26O2. The summed E-state index contributed by atoms with van der Waals surface area (Å²) in [5.74, 6) is 0.988. The van der Waals surface area contributed by atoms with E-state index in [1.165, 1.54) is 18.4 Å². The number of benzene rings is 1. The van der Waals surface area contributed by atoms with Gasteiger partial charge in [-0.3, -0.25) is 0 Å². The van der Waals surface area contributed by atoms with Gasteiger partial charge in [0.15, 0.2) is 0 Å². The monoisotopic (exact) mass is 274 g/mol. The van der Waals surface area contributed by atoms with Crippen LogP contribution in [0.1, 0.15) is 69.9 Å². The number of unbranched alkanes of at least 4 members (excludes halogenated alkanes) is 2. The minimum absolute atomic E-state index is 0.0143. The number of carbonyl (C=O) groups is 1. The zero-order chi connectivity index (χ0) is 14.6. The molecule has 2 heteroatoms. The quantitative estimate of drug-likeness (QED) is 0.559. The van der Waals surface area contributed by atoms with Gasteiger partial charge in [-0.25, -0.2) is 0 Å². The van der Waals surface area contributed by atoms with Crippen LogP contribution in [0.2, 0.25) is 0 Å². The topological polar surface area (TPSA) is 26.3 Å². The van der Waals surface area contributed by atoms with Gasteiger partial charge >= 0.3 is 0 Å². The Morgan fingerprint density at radius 1 is 1.35 bits per heavy atom. The smallest absolute Gasteiger partial charge is 0.127 e. The van der Waals surface area contributed by atoms with Crippen molar-refractivity contribution in [3.63, 3.8) is 0 Å². The van der Waals surface area contributed by atoms with Crippen molar-refractivity contribution < 1.29 is 9.53 Å². The third-order valence-electron chi connectivity index (χ3n) is 4.43. The molecule has 2 nitrogen and oxygen atoms in total. The molecule has 0 bridgehead atoms. The van der Waals surface area contributed by atoms with Crippen LogP contribution in [0.5, 0.6) is 5.75 Å². The summed E-state index contributed by atoms with van der Waals surface area (Å²) >= 11 is 0. The molecule has 0 spiro atoms. The molecule has 0 N–H and O–H groups in total. The first-order valence-corrected chi connectivity index (χ1v) is 7.81. The lowest BCUT2D eigenvalue weighted by molar-refractivity contribution is -0.109. The maximum absolute atomic E-state index is 11.4. The number of hydrogen-bond donors (Lipinski definition) is 0. The van der Waals surface area contributed by atoms with Gasteiger partial charge in [-0.1, -0.05) is 52.2 Å². The summed E-state index contributed by atoms with van der Waals surface area (Å²) in [5, 5.41) is 0. The molecule has 1 aromatic rings. The zero-order valence-electron chi connectivity index (χ0n) is 12.9. The molecule has 0 saturated carbocycles. The van der Waals surface area contributed by atoms with Crippen LogP contribution < -0.4 is 4.74 Å². The van der Waals surface area contributed by atoms with Gasteiger partial charge in [-0.15, -0.1) is 0 Å². The van der Waals surface area contributed by atoms with E-state index in [4.69, 9.17) is 4.74 Å². The van der Waals surface area contributed by atoms with Crippen molar-refractivity contribution >= 4 is 6.29 Å². The van der Waals surface area contributed by atoms with E-state index in [0.29, 0.717) is 0 Å². The Kier molecular flexibility index (Phi) is 4.85. The van der Waals surface area contributed by atoms with Crippen LogP contribution in [0.3, 0.4) is 0 Å². The van der Waals surface area contributed by atoms with Crippen molar-refractivity contribution in [3.05, 3.63) is 29.3 Å². The third-order valence-corrected chi connectivity index (χ3v) is 4.43. The maximum atomic E-state index is 11.4. The summed E-state index contributed by atoms with van der Waals surface area (Å²) < 4.78 is 5.80. The molecule has 0 aliphatic carbocycles. The lowest BCUT2D eigenvalue weighted by atomic mass is 9.79. The zero-order valence-corrected chi connectivity index (χ0v) is 12.9. The van der Waals surface area contributed by atoms with Gasteiger partial charge in [0, 0.05) is 5.92 Å². The van der Waals surface area contributed by atoms with Gasteiger partial charge in [0.25, 0.3) is 0 Å². The van der Waals surface area contributed by atoms with Gasteiger partial charge < -0.3 is 9.53 Å². The number of carbonyl (C=O) groups excluding carboxylic acids is 1. The minimum Gasteiger partial charge on any atom is -0.493 e. The van der Waals surface area contributed by atoms with E-state index in [1.807, 2.05) is 0 Å². The molecule has 1 atom stereocenters. The highest BCUT2D eigenvalue weighted by Crippen LogP contribution is 2.39. The predicted octanol–water partition coefficient (Wildman–Crippen LogP) is 4.61. The van der Waals surface area contributed by atoms with Crippen LogP contribution in [0.15, 0.2) is 18.2 Å². The van der Waals surface area contributed by atoms with E-state index in [9.17, 15) is 4.79 Å². The number of fused-ring (bicyclic) bond motifs is 1. The Morgan fingerprint density at radius 3 is 2.85 bits per heavy atom. The average molecular weight is 274 g/mol. The van der Waals surface area contributed by atoms with Crippen LogP contribution in [0.25, 0.3) is 0 Å². The molecule has 0 aromatic heterocycles. The fourth-order valence-corrected chi connectivity index (χ4v) is 2.93. The van der Waals surface area contributed by atoms with Crippen molar-refractivity contribution in [2.24, 2.45) is 0 Å². The van der Waals surface area contributed by atoms with Gasteiger partial charge in [0.1, 0.15) is 12.0 Å². The molecule has 1 aliphatic rings. The van der Waals surface area contributed by atoms with Crippen molar-refractivity contribution in [3.8, 4) is 5.75 Å². The van der Waals surface area contributed by atoms with Crippen LogP contribution in [0, 0.1) is 0 Å². The lowest BCUT2D eigenvalue weighted by Gasteiger charge is -2.33. The first-order valence-electron chi connectivity index (χ1n) is 7.81. The Labute approximate surface area is 122 Å². The van der Waals surface area contributed by atoms with E-state index in [1.54, 1.807) is 0 Å². The van der Waals surface area contributed by atoms with Crippen molar-refractivity contribution in [2.45, 2.75) is 64.2 Å². The molecule has 0 unspecified atom stereocenters. The maximum Gasteiger partial charge on any atom is 0.127 e. The van der Waals surface area contributed by atoms with E-state index in [-0.39, 0.29) is 11.3 Å². The Morgan fingerprint density at radius 2 is 2.15 bits per heavy atom. The van der Waals surface area contributed by atoms with E-state index in [2.05, 4.69) is 39.0 Å². The van der Waals surface area contributed by atoms with Gasteiger partial charge in [-0.2, -0.15) is 0 Å². The molecule has 0 fully saturated rings. The number of rotatable bonds is 6. The minimum atomic E-state index is 0.0143. The highest BCUT2D eigenvalue weighted by atomic mass is 16.5. The lowest BCUT2D eigenvalue weighted by Crippen LogP contribution is -2.26. The fraction of sp³-hybridized carbons (Fsp3) is 0.611. The highest BCUT2D eigenvalue weighted by molar-refractivity contribution is 5.63. The number of ether oxygens (including phenoxy) is 1. The molecule has 2 rings (SSSR count). The second-order valence-electron chi connectivity index (χ2n) is 6.48. The van der Waals surface area contributed by atoms with E-state index >= 15 is 0 Å². The fourth-order valence-electron chi connectivity index (χ4n) is 2.93. The van der Waals surface area contributed by atoms with E-state index < -0.39 is 0 Å². The standard InChI is InChI=1S/C18H26O2/c1-4-5-6-7-15(13-19)14-8-9-16-17(12-14)20-11-10-18(16,2)3/h8-9,12-13,15H,4-7,10-11H2,1-3H3/t15-/m0/s1. The second kappa shape index (κ2) is 6.43. The molecule has 0 radical (unpaired) electrons. The first-order chi connectivity index (χ1) is 9.58. The number of aldehydes is 1. The Hall–Kier alpha value is -1.31. The number of hydrogen-bond acceptors (Lipinski definition) is 2. The third kappa shape index (κ3) is 3.23. The largest absolute Gasteiger partial charge is 0.493 e. The SMILES string of the molecule is CCCCC[C@@H](C=O)c1ccc2c(c1)OCCC2(C)C. The van der Waals surface area contributed by atoms with Crippen LogP contribution in [-0.2, 0) is 10.2 Å². The molecule has 0 saturated heterocycles. The van der Waals surface area contributed by atoms with Gasteiger partial charge in [0.05, 0.1) is 6.61 Å². The predicted molar refractivity (Wildman–Crippen MR) is 82.5 cm³/mol. The first kappa shape index (κ1) is 15.1. The summed E-state index contributed by atoms with van der Waals surface area (Å²) in [6.07, 6.45) is 6.58. The van der Waals surface area contributed by atoms with Gasteiger partial charge in [0.2, 0.25) is 0 Å². The van der Waals surface area contributed by atoms with Gasteiger partial charge in [-0.05, 0) is 35.4 Å². The summed E-state index contributed by atoms with van der Waals surface area (Å²) in [7, 11) is 0.